The van der Waals surface area contributed by atoms with E-state index in [0.717, 1.165) is 21.9 Å². The molecule has 0 spiro atoms. The SMILES string of the molecule is Cc1ccc(S(=O)(=O)N2CC(=C(Br)c3cccc4ccccc34)[S+]([O-])c3ccccc32)cc1. The minimum atomic E-state index is -3.86. The van der Waals surface area contributed by atoms with Crippen LogP contribution in [0.25, 0.3) is 15.3 Å². The highest BCUT2D eigenvalue weighted by Crippen LogP contribution is 2.43. The van der Waals surface area contributed by atoms with E-state index in [1.165, 1.54) is 4.31 Å². The molecule has 1 aliphatic heterocycles. The zero-order chi connectivity index (χ0) is 23.2. The lowest BCUT2D eigenvalue weighted by molar-refractivity contribution is 0.587. The number of hydrogen-bond acceptors (Lipinski definition) is 3. The van der Waals surface area contributed by atoms with E-state index in [4.69, 9.17) is 0 Å². The minimum Gasteiger partial charge on any atom is -0.607 e. The highest BCUT2D eigenvalue weighted by molar-refractivity contribution is 9.15. The van der Waals surface area contributed by atoms with Crippen molar-refractivity contribution in [1.29, 1.82) is 0 Å². The van der Waals surface area contributed by atoms with Crippen LogP contribution in [0.5, 0.6) is 0 Å². The van der Waals surface area contributed by atoms with Gasteiger partial charge in [0.2, 0.25) is 0 Å². The van der Waals surface area contributed by atoms with E-state index in [9.17, 15) is 13.0 Å². The lowest BCUT2D eigenvalue weighted by atomic mass is 10.0. The Morgan fingerprint density at radius 1 is 0.909 bits per heavy atom. The highest BCUT2D eigenvalue weighted by Gasteiger charge is 2.40. The van der Waals surface area contributed by atoms with Crippen molar-refractivity contribution in [2.24, 2.45) is 0 Å². The summed E-state index contributed by atoms with van der Waals surface area (Å²) in [6, 6.07) is 27.6. The van der Waals surface area contributed by atoms with Crippen LogP contribution in [-0.4, -0.2) is 19.5 Å². The Balaban J connectivity index is 1.70. The van der Waals surface area contributed by atoms with E-state index >= 15 is 0 Å². The molecule has 0 aliphatic carbocycles. The maximum absolute atomic E-state index is 13.7. The Kier molecular flexibility index (Phi) is 5.82. The molecular formula is C26H20BrNO3S2. The average Bonchev–Trinajstić information content (AvgIpc) is 2.84. The average molecular weight is 538 g/mol. The van der Waals surface area contributed by atoms with E-state index < -0.39 is 21.2 Å². The molecule has 0 aromatic heterocycles. The van der Waals surface area contributed by atoms with Crippen molar-refractivity contribution >= 4 is 58.1 Å². The molecule has 1 heterocycles. The number of nitrogens with zero attached hydrogens (tertiary/aromatic N) is 1. The van der Waals surface area contributed by atoms with Crippen molar-refractivity contribution in [3.8, 4) is 0 Å². The van der Waals surface area contributed by atoms with E-state index in [-0.39, 0.29) is 11.4 Å². The second-order valence-electron chi connectivity index (χ2n) is 7.83. The van der Waals surface area contributed by atoms with Crippen molar-refractivity contribution in [2.75, 3.05) is 10.8 Å². The molecule has 166 valence electrons. The van der Waals surface area contributed by atoms with Crippen LogP contribution >= 0.6 is 15.9 Å². The van der Waals surface area contributed by atoms with Gasteiger partial charge in [-0.05, 0) is 57.9 Å². The van der Waals surface area contributed by atoms with Crippen LogP contribution in [0.4, 0.5) is 5.69 Å². The van der Waals surface area contributed by atoms with Gasteiger partial charge in [0.05, 0.1) is 9.38 Å². The minimum absolute atomic E-state index is 0.0103. The van der Waals surface area contributed by atoms with Crippen LogP contribution < -0.4 is 4.31 Å². The van der Waals surface area contributed by atoms with E-state index in [2.05, 4.69) is 15.9 Å². The first-order valence-electron chi connectivity index (χ1n) is 10.3. The fourth-order valence-corrected chi connectivity index (χ4v) is 7.85. The molecule has 1 atom stereocenters. The van der Waals surface area contributed by atoms with Gasteiger partial charge in [0.25, 0.3) is 10.0 Å². The molecule has 0 fully saturated rings. The maximum atomic E-state index is 13.7. The zero-order valence-electron chi connectivity index (χ0n) is 17.7. The van der Waals surface area contributed by atoms with Crippen LogP contribution in [0.2, 0.25) is 0 Å². The van der Waals surface area contributed by atoms with Crippen LogP contribution in [-0.2, 0) is 21.2 Å². The summed E-state index contributed by atoms with van der Waals surface area (Å²) in [7, 11) is -3.86. The third kappa shape index (κ3) is 3.89. The van der Waals surface area contributed by atoms with E-state index in [1.54, 1.807) is 48.5 Å². The predicted molar refractivity (Wildman–Crippen MR) is 138 cm³/mol. The summed E-state index contributed by atoms with van der Waals surface area (Å²) in [6.45, 7) is 1.90. The van der Waals surface area contributed by atoms with Gasteiger partial charge >= 0.3 is 0 Å². The molecule has 0 N–H and O–H groups in total. The van der Waals surface area contributed by atoms with Gasteiger partial charge in [0.1, 0.15) is 12.2 Å². The number of para-hydroxylation sites is 1. The smallest absolute Gasteiger partial charge is 0.264 e. The molecule has 4 nitrogen and oxygen atoms in total. The van der Waals surface area contributed by atoms with Crippen molar-refractivity contribution < 1.29 is 13.0 Å². The van der Waals surface area contributed by atoms with Gasteiger partial charge in [-0.15, -0.1) is 0 Å². The maximum Gasteiger partial charge on any atom is 0.264 e. The van der Waals surface area contributed by atoms with Crippen molar-refractivity contribution in [3.63, 3.8) is 0 Å². The number of halogens is 1. The summed E-state index contributed by atoms with van der Waals surface area (Å²) in [4.78, 5) is 1.20. The van der Waals surface area contributed by atoms with Gasteiger partial charge < -0.3 is 4.55 Å². The van der Waals surface area contributed by atoms with Crippen LogP contribution in [0, 0.1) is 6.92 Å². The first-order chi connectivity index (χ1) is 15.9. The molecule has 1 aliphatic rings. The predicted octanol–water partition coefficient (Wildman–Crippen LogP) is 6.23. The third-order valence-electron chi connectivity index (χ3n) is 5.72. The molecular weight excluding hydrogens is 518 g/mol. The summed E-state index contributed by atoms with van der Waals surface area (Å²) >= 11 is 2.17. The summed E-state index contributed by atoms with van der Waals surface area (Å²) in [5, 5.41) is 2.06. The molecule has 0 radical (unpaired) electrons. The number of sulfonamides is 1. The van der Waals surface area contributed by atoms with E-state index in [1.807, 2.05) is 49.4 Å². The van der Waals surface area contributed by atoms with Crippen molar-refractivity contribution in [1.82, 2.24) is 0 Å². The highest BCUT2D eigenvalue weighted by atomic mass is 79.9. The molecule has 0 bridgehead atoms. The van der Waals surface area contributed by atoms with Gasteiger partial charge in [0.15, 0.2) is 9.80 Å². The first-order valence-corrected chi connectivity index (χ1v) is 13.7. The van der Waals surface area contributed by atoms with Crippen LogP contribution in [0.1, 0.15) is 11.1 Å². The van der Waals surface area contributed by atoms with Gasteiger partial charge in [-0.3, -0.25) is 4.31 Å². The number of anilines is 1. The fraction of sp³-hybridized carbons (Fsp3) is 0.0769. The molecule has 5 rings (SSSR count). The lowest BCUT2D eigenvalue weighted by Gasteiger charge is -2.32. The van der Waals surface area contributed by atoms with Crippen LogP contribution in [0.3, 0.4) is 0 Å². The second-order valence-corrected chi connectivity index (χ2v) is 12.0. The van der Waals surface area contributed by atoms with Crippen LogP contribution in [0.15, 0.2) is 106 Å². The summed E-state index contributed by atoms with van der Waals surface area (Å²) < 4.78 is 43.0. The molecule has 7 heteroatoms. The second kappa shape index (κ2) is 8.65. The zero-order valence-corrected chi connectivity index (χ0v) is 21.0. The van der Waals surface area contributed by atoms with Gasteiger partial charge in [-0.2, -0.15) is 0 Å². The van der Waals surface area contributed by atoms with Gasteiger partial charge in [-0.25, -0.2) is 8.42 Å². The lowest BCUT2D eigenvalue weighted by Crippen LogP contribution is -2.39. The Morgan fingerprint density at radius 2 is 1.58 bits per heavy atom. The molecule has 0 amide bonds. The third-order valence-corrected chi connectivity index (χ3v) is 10.2. The molecule has 4 aromatic rings. The van der Waals surface area contributed by atoms with Crippen molar-refractivity contribution in [3.05, 3.63) is 107 Å². The quantitative estimate of drug-likeness (QED) is 0.291. The Morgan fingerprint density at radius 3 is 2.36 bits per heavy atom. The number of aryl methyl sites for hydroxylation is 1. The van der Waals surface area contributed by atoms with Gasteiger partial charge in [-0.1, -0.05) is 72.3 Å². The number of fused-ring (bicyclic) bond motifs is 2. The summed E-state index contributed by atoms with van der Waals surface area (Å²) in [5.74, 6) is 0. The van der Waals surface area contributed by atoms with Gasteiger partial charge in [0, 0.05) is 16.7 Å². The molecule has 33 heavy (non-hydrogen) atoms. The number of rotatable bonds is 3. The topological polar surface area (TPSA) is 60.4 Å². The molecule has 0 saturated carbocycles. The largest absolute Gasteiger partial charge is 0.607 e. The molecule has 0 saturated heterocycles. The molecule has 1 unspecified atom stereocenters. The number of benzene rings is 4. The Hall–Kier alpha value is -2.58. The van der Waals surface area contributed by atoms with E-state index in [0.29, 0.717) is 20.0 Å². The monoisotopic (exact) mass is 537 g/mol. The van der Waals surface area contributed by atoms with Crippen molar-refractivity contribution in [2.45, 2.75) is 16.7 Å². The fourth-order valence-electron chi connectivity index (χ4n) is 4.00. The summed E-state index contributed by atoms with van der Waals surface area (Å²) in [5.41, 5.74) is 2.30. The standard InChI is InChI=1S/C26H20BrNO3S2/c1-18-13-15-20(16-14-18)33(30,31)28-17-25(32(29)24-12-5-4-11-23(24)28)26(27)22-10-6-8-19-7-2-3-9-21(19)22/h2-16H,17H2,1H3. The summed E-state index contributed by atoms with van der Waals surface area (Å²) in [6.07, 6.45) is 0. The Bertz CT molecular complexity index is 1490. The Labute approximate surface area is 204 Å². The normalized spacial score (nSPS) is 17.7. The molecule has 4 aromatic carbocycles. The first kappa shape index (κ1) is 22.2. The number of hydrogen-bond donors (Lipinski definition) is 0.